The second kappa shape index (κ2) is 10.4. The van der Waals surface area contributed by atoms with E-state index in [-0.39, 0.29) is 5.91 Å². The summed E-state index contributed by atoms with van der Waals surface area (Å²) in [7, 11) is 1.60. The third-order valence-electron chi connectivity index (χ3n) is 4.47. The van der Waals surface area contributed by atoms with Gasteiger partial charge in [0.15, 0.2) is 16.7 Å². The van der Waals surface area contributed by atoms with Crippen LogP contribution in [-0.2, 0) is 11.4 Å². The summed E-state index contributed by atoms with van der Waals surface area (Å²) in [6.07, 6.45) is 1.81. The van der Waals surface area contributed by atoms with Crippen molar-refractivity contribution in [1.82, 2.24) is 5.32 Å². The van der Waals surface area contributed by atoms with E-state index in [0.29, 0.717) is 38.9 Å². The molecular formula is C24H18ClIN2O3S. The Labute approximate surface area is 209 Å². The summed E-state index contributed by atoms with van der Waals surface area (Å²) in [4.78, 5) is 17.4. The summed E-state index contributed by atoms with van der Waals surface area (Å²) in [5.41, 5.74) is 2.58. The number of benzene rings is 3. The largest absolute Gasteiger partial charge is 0.493 e. The van der Waals surface area contributed by atoms with Gasteiger partial charge in [-0.25, -0.2) is 4.99 Å². The number of aliphatic imine (C=N–C) groups is 1. The van der Waals surface area contributed by atoms with Crippen LogP contribution in [0.5, 0.6) is 11.5 Å². The zero-order valence-electron chi connectivity index (χ0n) is 17.0. The molecule has 1 amide bonds. The highest BCUT2D eigenvalue weighted by Crippen LogP contribution is 2.36. The fourth-order valence-corrected chi connectivity index (χ4v) is 4.80. The molecule has 0 radical (unpaired) electrons. The molecule has 1 aliphatic rings. The molecule has 1 saturated heterocycles. The Hall–Kier alpha value is -2.49. The maximum absolute atomic E-state index is 12.4. The lowest BCUT2D eigenvalue weighted by atomic mass is 10.2. The lowest BCUT2D eigenvalue weighted by Crippen LogP contribution is -2.19. The molecule has 0 saturated carbocycles. The zero-order valence-corrected chi connectivity index (χ0v) is 20.7. The minimum Gasteiger partial charge on any atom is -0.493 e. The van der Waals surface area contributed by atoms with Gasteiger partial charge in [0.2, 0.25) is 0 Å². The summed E-state index contributed by atoms with van der Waals surface area (Å²) < 4.78 is 12.5. The van der Waals surface area contributed by atoms with Crippen LogP contribution in [0.4, 0.5) is 5.69 Å². The minimum absolute atomic E-state index is 0.200. The van der Waals surface area contributed by atoms with Crippen molar-refractivity contribution in [2.45, 2.75) is 6.61 Å². The monoisotopic (exact) mass is 576 g/mol. The van der Waals surface area contributed by atoms with Crippen LogP contribution in [0.2, 0.25) is 5.02 Å². The Balaban J connectivity index is 1.54. The highest BCUT2D eigenvalue weighted by molar-refractivity contribution is 14.1. The van der Waals surface area contributed by atoms with Gasteiger partial charge in [0.1, 0.15) is 6.61 Å². The molecule has 3 aromatic rings. The van der Waals surface area contributed by atoms with Gasteiger partial charge in [-0.2, -0.15) is 0 Å². The van der Waals surface area contributed by atoms with E-state index in [4.69, 9.17) is 21.1 Å². The number of methoxy groups -OCH3 is 1. The van der Waals surface area contributed by atoms with Gasteiger partial charge in [-0.1, -0.05) is 48.0 Å². The summed E-state index contributed by atoms with van der Waals surface area (Å²) in [5.74, 6) is 1.08. The summed E-state index contributed by atoms with van der Waals surface area (Å²) in [5, 5.41) is 3.89. The lowest BCUT2D eigenvalue weighted by molar-refractivity contribution is -0.115. The number of carbonyl (C=O) groups excluding carboxylic acids is 1. The number of amides is 1. The first-order valence-corrected chi connectivity index (χ1v) is 11.9. The Morgan fingerprint density at radius 2 is 1.94 bits per heavy atom. The fraction of sp³-hybridized carbons (Fsp3) is 0.0833. The molecule has 1 heterocycles. The van der Waals surface area contributed by atoms with Crippen molar-refractivity contribution in [3.63, 3.8) is 0 Å². The van der Waals surface area contributed by atoms with Gasteiger partial charge in [-0.05, 0) is 81.9 Å². The lowest BCUT2D eigenvalue weighted by Gasteiger charge is -2.14. The number of hydrogen-bond donors (Lipinski definition) is 1. The Bertz CT molecular complexity index is 1220. The second-order valence-corrected chi connectivity index (χ2v) is 9.40. The van der Waals surface area contributed by atoms with Gasteiger partial charge in [0.25, 0.3) is 5.91 Å². The van der Waals surface area contributed by atoms with Crippen molar-refractivity contribution in [2.75, 3.05) is 7.11 Å². The number of carbonyl (C=O) groups is 1. The number of ether oxygens (including phenoxy) is 2. The number of halogens is 2. The van der Waals surface area contributed by atoms with E-state index in [9.17, 15) is 4.79 Å². The molecule has 32 heavy (non-hydrogen) atoms. The molecule has 162 valence electrons. The first kappa shape index (κ1) is 22.7. The molecule has 1 aliphatic heterocycles. The Morgan fingerprint density at radius 3 is 2.69 bits per heavy atom. The quantitative estimate of drug-likeness (QED) is 0.272. The SMILES string of the molecule is COc1cc(/C=C2/SC(=Nc3cccc(Cl)c3)NC2=O)cc(I)c1OCc1ccccc1. The maximum atomic E-state index is 12.4. The molecule has 0 atom stereocenters. The van der Waals surface area contributed by atoms with E-state index < -0.39 is 0 Å². The zero-order chi connectivity index (χ0) is 22.5. The smallest absolute Gasteiger partial charge is 0.264 e. The summed E-state index contributed by atoms with van der Waals surface area (Å²) in [6.45, 7) is 0.440. The average Bonchev–Trinajstić information content (AvgIpc) is 3.11. The molecule has 4 rings (SSSR count). The van der Waals surface area contributed by atoms with Crippen molar-refractivity contribution < 1.29 is 14.3 Å². The number of amidine groups is 1. The maximum Gasteiger partial charge on any atom is 0.264 e. The van der Waals surface area contributed by atoms with Crippen molar-refractivity contribution in [2.24, 2.45) is 4.99 Å². The summed E-state index contributed by atoms with van der Waals surface area (Å²) >= 11 is 9.50. The van der Waals surface area contributed by atoms with Crippen molar-refractivity contribution in [3.8, 4) is 11.5 Å². The standard InChI is InChI=1S/C24H18ClIN2O3S/c1-30-20-11-16(10-19(26)22(20)31-14-15-6-3-2-4-7-15)12-21-23(29)28-24(32-21)27-18-9-5-8-17(25)13-18/h2-13H,14H2,1H3,(H,27,28,29)/b21-12+. The number of hydrogen-bond acceptors (Lipinski definition) is 5. The third-order valence-corrected chi connectivity index (χ3v) is 6.41. The normalized spacial score (nSPS) is 15.8. The van der Waals surface area contributed by atoms with Crippen LogP contribution in [0.1, 0.15) is 11.1 Å². The number of nitrogens with one attached hydrogen (secondary N) is 1. The van der Waals surface area contributed by atoms with E-state index in [2.05, 4.69) is 32.9 Å². The molecule has 8 heteroatoms. The third kappa shape index (κ3) is 5.65. The van der Waals surface area contributed by atoms with Crippen LogP contribution in [0, 0.1) is 3.57 Å². The molecule has 5 nitrogen and oxygen atoms in total. The first-order chi connectivity index (χ1) is 15.5. The first-order valence-electron chi connectivity index (χ1n) is 9.61. The van der Waals surface area contributed by atoms with Crippen molar-refractivity contribution in [3.05, 3.63) is 91.4 Å². The number of thioether (sulfide) groups is 1. The number of nitrogens with zero attached hydrogens (tertiary/aromatic N) is 1. The van der Waals surface area contributed by atoms with E-state index in [1.807, 2.05) is 60.7 Å². The van der Waals surface area contributed by atoms with Gasteiger partial charge in [0.05, 0.1) is 21.3 Å². The topological polar surface area (TPSA) is 59.9 Å². The fourth-order valence-electron chi connectivity index (χ4n) is 2.99. The second-order valence-electron chi connectivity index (χ2n) is 6.77. The molecule has 0 bridgehead atoms. The van der Waals surface area contributed by atoms with Gasteiger partial charge in [-0.15, -0.1) is 0 Å². The molecule has 0 spiro atoms. The molecule has 0 unspecified atom stereocenters. The Kier molecular flexibility index (Phi) is 7.39. The van der Waals surface area contributed by atoms with E-state index >= 15 is 0 Å². The van der Waals surface area contributed by atoms with Crippen molar-refractivity contribution in [1.29, 1.82) is 0 Å². The highest BCUT2D eigenvalue weighted by atomic mass is 127. The molecule has 1 N–H and O–H groups in total. The summed E-state index contributed by atoms with van der Waals surface area (Å²) in [6, 6.07) is 20.9. The highest BCUT2D eigenvalue weighted by Gasteiger charge is 2.24. The van der Waals surface area contributed by atoms with Crippen molar-refractivity contribution >= 4 is 68.8 Å². The van der Waals surface area contributed by atoms with E-state index in [0.717, 1.165) is 14.7 Å². The average molecular weight is 577 g/mol. The van der Waals surface area contributed by atoms with E-state index in [1.54, 1.807) is 19.2 Å². The van der Waals surface area contributed by atoms with Gasteiger partial charge < -0.3 is 14.8 Å². The van der Waals surface area contributed by atoms with Crippen LogP contribution in [0.3, 0.4) is 0 Å². The van der Waals surface area contributed by atoms with Crippen LogP contribution in [0.15, 0.2) is 76.6 Å². The van der Waals surface area contributed by atoms with Gasteiger partial charge in [0, 0.05) is 5.02 Å². The van der Waals surface area contributed by atoms with Crippen LogP contribution in [0.25, 0.3) is 6.08 Å². The van der Waals surface area contributed by atoms with Crippen LogP contribution >= 0.6 is 46.0 Å². The molecular weight excluding hydrogens is 559 g/mol. The molecule has 3 aromatic carbocycles. The predicted octanol–water partition coefficient (Wildman–Crippen LogP) is 6.42. The van der Waals surface area contributed by atoms with E-state index in [1.165, 1.54) is 11.8 Å². The molecule has 0 aromatic heterocycles. The predicted molar refractivity (Wildman–Crippen MR) is 139 cm³/mol. The van der Waals surface area contributed by atoms with Crippen LogP contribution < -0.4 is 14.8 Å². The molecule has 1 fully saturated rings. The van der Waals surface area contributed by atoms with Gasteiger partial charge in [-0.3, -0.25) is 4.79 Å². The molecule has 0 aliphatic carbocycles. The van der Waals surface area contributed by atoms with Gasteiger partial charge >= 0.3 is 0 Å². The van der Waals surface area contributed by atoms with Crippen LogP contribution in [-0.4, -0.2) is 18.2 Å². The Morgan fingerprint density at radius 1 is 1.12 bits per heavy atom. The number of rotatable bonds is 6. The minimum atomic E-state index is -0.200.